The molecule has 0 N–H and O–H groups in total. The highest BCUT2D eigenvalue weighted by atomic mass is 32.1. The summed E-state index contributed by atoms with van der Waals surface area (Å²) in [6.07, 6.45) is 6.46. The maximum Gasteiger partial charge on any atom is 0.225 e. The molecule has 4 rings (SSSR count). The number of hydrogen-bond donors (Lipinski definition) is 0. The van der Waals surface area contributed by atoms with Gasteiger partial charge >= 0.3 is 0 Å². The number of anilines is 2. The summed E-state index contributed by atoms with van der Waals surface area (Å²) in [7, 11) is 0. The zero-order valence-corrected chi connectivity index (χ0v) is 14.2. The van der Waals surface area contributed by atoms with Crippen LogP contribution in [0.1, 0.15) is 12.8 Å². The third-order valence-corrected chi connectivity index (χ3v) is 5.51. The van der Waals surface area contributed by atoms with Crippen LogP contribution in [0.25, 0.3) is 0 Å². The van der Waals surface area contributed by atoms with Crippen molar-refractivity contribution in [2.45, 2.75) is 12.8 Å². The molecule has 2 aromatic heterocycles. The Balaban J connectivity index is 1.55. The fraction of sp³-hybridized carbons (Fsp3) is 0.562. The molecule has 1 atom stereocenters. The molecule has 2 saturated heterocycles. The fourth-order valence-electron chi connectivity index (χ4n) is 3.62. The van der Waals surface area contributed by atoms with Crippen LogP contribution in [0.3, 0.4) is 0 Å². The van der Waals surface area contributed by atoms with Gasteiger partial charge in [0.1, 0.15) is 0 Å². The first-order valence-electron chi connectivity index (χ1n) is 8.19. The normalized spacial score (nSPS) is 25.0. The van der Waals surface area contributed by atoms with Crippen LogP contribution in [0.2, 0.25) is 0 Å². The Morgan fingerprint density at radius 3 is 2.75 bits per heavy atom. The lowest BCUT2D eigenvalue weighted by Crippen LogP contribution is -2.51. The summed E-state index contributed by atoms with van der Waals surface area (Å²) in [5, 5.41) is 3.06. The van der Waals surface area contributed by atoms with E-state index < -0.39 is 5.82 Å². The van der Waals surface area contributed by atoms with Crippen LogP contribution in [-0.4, -0.2) is 54.3 Å². The third-order valence-electron chi connectivity index (χ3n) is 4.68. The van der Waals surface area contributed by atoms with Crippen LogP contribution >= 0.6 is 11.3 Å². The molecule has 8 heteroatoms. The second-order valence-electron chi connectivity index (χ2n) is 6.52. The zero-order valence-electron chi connectivity index (χ0n) is 13.4. The Morgan fingerprint density at radius 1 is 1.12 bits per heavy atom. The summed E-state index contributed by atoms with van der Waals surface area (Å²) in [6, 6.07) is 0. The molecule has 2 aliphatic heterocycles. The van der Waals surface area contributed by atoms with Crippen molar-refractivity contribution < 1.29 is 9.13 Å². The molecule has 0 aliphatic carbocycles. The van der Waals surface area contributed by atoms with Gasteiger partial charge in [-0.1, -0.05) is 0 Å². The molecule has 24 heavy (non-hydrogen) atoms. The van der Waals surface area contributed by atoms with Crippen molar-refractivity contribution in [1.82, 2.24) is 15.0 Å². The van der Waals surface area contributed by atoms with Gasteiger partial charge in [0.2, 0.25) is 5.95 Å². The van der Waals surface area contributed by atoms with E-state index in [0.717, 1.165) is 50.8 Å². The quantitative estimate of drug-likeness (QED) is 0.828. The number of ether oxygens (including phenoxy) is 1. The smallest absolute Gasteiger partial charge is 0.225 e. The van der Waals surface area contributed by atoms with E-state index in [1.807, 2.05) is 11.6 Å². The molecule has 0 bridgehead atoms. The summed E-state index contributed by atoms with van der Waals surface area (Å²) in [5.74, 6) is 0.193. The molecular weight excluding hydrogens is 329 g/mol. The largest absolute Gasteiger partial charge is 0.379 e. The third kappa shape index (κ3) is 3.21. The van der Waals surface area contributed by atoms with Crippen molar-refractivity contribution >= 4 is 22.4 Å². The molecule has 0 radical (unpaired) electrons. The molecule has 0 amide bonds. The molecule has 1 spiro atoms. The second kappa shape index (κ2) is 6.60. The van der Waals surface area contributed by atoms with E-state index >= 15 is 0 Å². The van der Waals surface area contributed by atoms with Gasteiger partial charge < -0.3 is 14.5 Å². The van der Waals surface area contributed by atoms with E-state index in [0.29, 0.717) is 12.6 Å². The average Bonchev–Trinajstić information content (AvgIpc) is 3.06. The van der Waals surface area contributed by atoms with Crippen LogP contribution in [0.15, 0.2) is 24.0 Å². The molecule has 2 aromatic rings. The number of halogens is 1. The number of piperidine rings is 1. The minimum absolute atomic E-state index is 0.0260. The summed E-state index contributed by atoms with van der Waals surface area (Å²) in [4.78, 5) is 17.2. The van der Waals surface area contributed by atoms with Gasteiger partial charge in [-0.25, -0.2) is 19.3 Å². The van der Waals surface area contributed by atoms with Crippen LogP contribution in [0.5, 0.6) is 0 Å². The van der Waals surface area contributed by atoms with Crippen molar-refractivity contribution in [3.8, 4) is 0 Å². The molecule has 6 nitrogen and oxygen atoms in total. The van der Waals surface area contributed by atoms with E-state index in [1.165, 1.54) is 12.4 Å². The van der Waals surface area contributed by atoms with Gasteiger partial charge in [-0.05, 0) is 12.8 Å². The topological polar surface area (TPSA) is 54.4 Å². The van der Waals surface area contributed by atoms with Gasteiger partial charge in [0.25, 0.3) is 0 Å². The molecule has 4 heterocycles. The fourth-order valence-corrected chi connectivity index (χ4v) is 4.29. The first kappa shape index (κ1) is 15.7. The lowest BCUT2D eigenvalue weighted by atomic mass is 9.80. The minimum atomic E-state index is -0.404. The number of nitrogens with zero attached hydrogens (tertiary/aromatic N) is 5. The van der Waals surface area contributed by atoms with Crippen molar-refractivity contribution in [2.24, 2.45) is 5.41 Å². The van der Waals surface area contributed by atoms with E-state index in [2.05, 4.69) is 24.8 Å². The van der Waals surface area contributed by atoms with Crippen molar-refractivity contribution in [3.63, 3.8) is 0 Å². The Hall–Kier alpha value is -1.80. The second-order valence-corrected chi connectivity index (χ2v) is 7.39. The molecule has 128 valence electrons. The predicted octanol–water partition coefficient (Wildman–Crippen LogP) is 2.20. The standard InChI is InChI=1S/C16H20FN5OS/c17-13-8-19-14(20-9-13)21-4-1-2-16(10-21)11-22(5-6-23-12-16)15-18-3-7-24-15/h3,7-9H,1-2,4-6,10-12H2/t16-/m0/s1. The van der Waals surface area contributed by atoms with Crippen molar-refractivity contribution in [3.05, 3.63) is 29.8 Å². The summed E-state index contributed by atoms with van der Waals surface area (Å²) < 4.78 is 19.0. The number of hydrogen-bond acceptors (Lipinski definition) is 7. The number of rotatable bonds is 2. The number of aromatic nitrogens is 3. The van der Waals surface area contributed by atoms with E-state index in [-0.39, 0.29) is 5.41 Å². The molecular formula is C16H20FN5OS. The maximum absolute atomic E-state index is 13.1. The Labute approximate surface area is 144 Å². The molecule has 2 aliphatic rings. The van der Waals surface area contributed by atoms with Crippen molar-refractivity contribution in [1.29, 1.82) is 0 Å². The SMILES string of the molecule is Fc1cnc(N2CCC[C@]3(COCCN(c4nccs4)C3)C2)nc1. The first-order chi connectivity index (χ1) is 11.7. The molecule has 0 unspecified atom stereocenters. The van der Waals surface area contributed by atoms with Gasteiger partial charge in [-0.2, -0.15) is 0 Å². The minimum Gasteiger partial charge on any atom is -0.379 e. The highest BCUT2D eigenvalue weighted by molar-refractivity contribution is 7.13. The van der Waals surface area contributed by atoms with Gasteiger partial charge in [0.05, 0.1) is 25.6 Å². The Bertz CT molecular complexity index is 668. The van der Waals surface area contributed by atoms with Crippen LogP contribution in [0.4, 0.5) is 15.5 Å². The van der Waals surface area contributed by atoms with E-state index in [1.54, 1.807) is 11.3 Å². The van der Waals surface area contributed by atoms with Crippen LogP contribution < -0.4 is 9.80 Å². The predicted molar refractivity (Wildman–Crippen MR) is 91.0 cm³/mol. The number of thiazole rings is 1. The Kier molecular flexibility index (Phi) is 4.32. The summed E-state index contributed by atoms with van der Waals surface area (Å²) >= 11 is 1.66. The maximum atomic E-state index is 13.1. The highest BCUT2D eigenvalue weighted by Crippen LogP contribution is 2.35. The summed E-state index contributed by atoms with van der Waals surface area (Å²) in [6.45, 7) is 4.94. The molecule has 0 aromatic carbocycles. The summed E-state index contributed by atoms with van der Waals surface area (Å²) in [5.41, 5.74) is 0.0260. The van der Waals surface area contributed by atoms with Crippen LogP contribution in [0, 0.1) is 11.2 Å². The van der Waals surface area contributed by atoms with E-state index in [4.69, 9.17) is 4.74 Å². The zero-order chi connectivity index (χ0) is 16.4. The Morgan fingerprint density at radius 2 is 1.96 bits per heavy atom. The first-order valence-corrected chi connectivity index (χ1v) is 9.07. The molecule has 2 fully saturated rings. The average molecular weight is 349 g/mol. The lowest BCUT2D eigenvalue weighted by Gasteiger charge is -2.43. The lowest BCUT2D eigenvalue weighted by molar-refractivity contribution is 0.0596. The van der Waals surface area contributed by atoms with Gasteiger partial charge in [0, 0.05) is 43.2 Å². The van der Waals surface area contributed by atoms with Gasteiger partial charge in [-0.15, -0.1) is 11.3 Å². The van der Waals surface area contributed by atoms with Crippen molar-refractivity contribution in [2.75, 3.05) is 49.2 Å². The van der Waals surface area contributed by atoms with Crippen LogP contribution in [-0.2, 0) is 4.74 Å². The van der Waals surface area contributed by atoms with Gasteiger partial charge in [0.15, 0.2) is 10.9 Å². The highest BCUT2D eigenvalue weighted by Gasteiger charge is 2.40. The monoisotopic (exact) mass is 349 g/mol. The van der Waals surface area contributed by atoms with Gasteiger partial charge in [-0.3, -0.25) is 0 Å². The van der Waals surface area contributed by atoms with E-state index in [9.17, 15) is 4.39 Å². The molecule has 0 saturated carbocycles.